The van der Waals surface area contributed by atoms with Crippen LogP contribution in [-0.2, 0) is 4.79 Å². The van der Waals surface area contributed by atoms with Crippen LogP contribution in [0.4, 0.5) is 0 Å². The summed E-state index contributed by atoms with van der Waals surface area (Å²) in [5, 5.41) is 6.12. The lowest BCUT2D eigenvalue weighted by Crippen LogP contribution is -2.29. The van der Waals surface area contributed by atoms with Gasteiger partial charge < -0.3 is 10.6 Å². The van der Waals surface area contributed by atoms with Crippen LogP contribution >= 0.6 is 15.9 Å². The molecule has 94 valence electrons. The number of nitrogens with one attached hydrogen (secondary N) is 2. The minimum absolute atomic E-state index is 0.0432. The Kier molecular flexibility index (Phi) is 6.22. The molecule has 0 spiro atoms. The SMILES string of the molecule is CCNCCC(=O)N[C@@H](C)c1cccc(Br)c1. The topological polar surface area (TPSA) is 41.1 Å². The van der Waals surface area contributed by atoms with Crippen molar-refractivity contribution in [3.63, 3.8) is 0 Å². The Balaban J connectivity index is 2.43. The van der Waals surface area contributed by atoms with E-state index in [-0.39, 0.29) is 11.9 Å². The van der Waals surface area contributed by atoms with Gasteiger partial charge in [-0.2, -0.15) is 0 Å². The van der Waals surface area contributed by atoms with Gasteiger partial charge in [-0.15, -0.1) is 0 Å². The van der Waals surface area contributed by atoms with Crippen molar-refractivity contribution < 1.29 is 4.79 Å². The first-order valence-corrected chi connectivity index (χ1v) is 6.68. The molecule has 17 heavy (non-hydrogen) atoms. The first-order chi connectivity index (χ1) is 8.13. The lowest BCUT2D eigenvalue weighted by molar-refractivity contribution is -0.121. The summed E-state index contributed by atoms with van der Waals surface area (Å²) in [4.78, 5) is 11.6. The van der Waals surface area contributed by atoms with Crippen LogP contribution < -0.4 is 10.6 Å². The van der Waals surface area contributed by atoms with Crippen LogP contribution in [0.3, 0.4) is 0 Å². The Hall–Kier alpha value is -0.870. The molecule has 0 aliphatic rings. The molecule has 0 fully saturated rings. The predicted molar refractivity (Wildman–Crippen MR) is 73.9 cm³/mol. The Morgan fingerprint density at radius 1 is 1.47 bits per heavy atom. The molecule has 0 radical (unpaired) electrons. The fraction of sp³-hybridized carbons (Fsp3) is 0.462. The zero-order chi connectivity index (χ0) is 12.7. The molecule has 1 amide bonds. The highest BCUT2D eigenvalue weighted by atomic mass is 79.9. The molecule has 0 saturated carbocycles. The minimum atomic E-state index is 0.0432. The highest BCUT2D eigenvalue weighted by Crippen LogP contribution is 2.17. The number of halogens is 1. The highest BCUT2D eigenvalue weighted by Gasteiger charge is 2.09. The largest absolute Gasteiger partial charge is 0.350 e. The molecule has 1 aromatic rings. The van der Waals surface area contributed by atoms with E-state index in [1.807, 2.05) is 38.1 Å². The lowest BCUT2D eigenvalue weighted by atomic mass is 10.1. The average molecular weight is 299 g/mol. The number of hydrogen-bond acceptors (Lipinski definition) is 2. The maximum atomic E-state index is 11.6. The molecular weight excluding hydrogens is 280 g/mol. The van der Waals surface area contributed by atoms with E-state index in [9.17, 15) is 4.79 Å². The quantitative estimate of drug-likeness (QED) is 0.793. The molecule has 1 aromatic carbocycles. The van der Waals surface area contributed by atoms with Gasteiger partial charge in [-0.3, -0.25) is 4.79 Å². The van der Waals surface area contributed by atoms with Gasteiger partial charge in [-0.25, -0.2) is 0 Å². The number of benzene rings is 1. The van der Waals surface area contributed by atoms with Crippen molar-refractivity contribution >= 4 is 21.8 Å². The summed E-state index contributed by atoms with van der Waals surface area (Å²) < 4.78 is 1.03. The molecule has 0 aromatic heterocycles. The number of carbonyl (C=O) groups is 1. The van der Waals surface area contributed by atoms with Crippen LogP contribution in [0.5, 0.6) is 0 Å². The number of amides is 1. The second-order valence-corrected chi connectivity index (χ2v) is 4.86. The maximum Gasteiger partial charge on any atom is 0.221 e. The van der Waals surface area contributed by atoms with Gasteiger partial charge in [-0.05, 0) is 31.2 Å². The van der Waals surface area contributed by atoms with Gasteiger partial charge in [0, 0.05) is 17.4 Å². The molecule has 3 nitrogen and oxygen atoms in total. The molecule has 0 unspecified atom stereocenters. The first-order valence-electron chi connectivity index (χ1n) is 5.89. The summed E-state index contributed by atoms with van der Waals surface area (Å²) in [6.45, 7) is 5.65. The van der Waals surface area contributed by atoms with Crippen molar-refractivity contribution in [1.82, 2.24) is 10.6 Å². The van der Waals surface area contributed by atoms with E-state index in [1.54, 1.807) is 0 Å². The fourth-order valence-corrected chi connectivity index (χ4v) is 1.97. The fourth-order valence-electron chi connectivity index (χ4n) is 1.55. The zero-order valence-corrected chi connectivity index (χ0v) is 11.9. The van der Waals surface area contributed by atoms with Gasteiger partial charge in [0.2, 0.25) is 5.91 Å². The van der Waals surface area contributed by atoms with Crippen LogP contribution in [0.2, 0.25) is 0 Å². The summed E-state index contributed by atoms with van der Waals surface area (Å²) >= 11 is 3.43. The smallest absolute Gasteiger partial charge is 0.221 e. The standard InChI is InChI=1S/C13H19BrN2O/c1-3-15-8-7-13(17)16-10(2)11-5-4-6-12(14)9-11/h4-6,9-10,15H,3,7-8H2,1-2H3,(H,16,17)/t10-/m0/s1. The van der Waals surface area contributed by atoms with E-state index in [1.165, 1.54) is 0 Å². The number of carbonyl (C=O) groups excluding carboxylic acids is 1. The average Bonchev–Trinajstić information content (AvgIpc) is 2.29. The monoisotopic (exact) mass is 298 g/mol. The second-order valence-electron chi connectivity index (χ2n) is 3.95. The van der Waals surface area contributed by atoms with E-state index in [0.29, 0.717) is 6.42 Å². The minimum Gasteiger partial charge on any atom is -0.350 e. The molecule has 4 heteroatoms. The number of rotatable bonds is 6. The third-order valence-electron chi connectivity index (χ3n) is 2.51. The highest BCUT2D eigenvalue weighted by molar-refractivity contribution is 9.10. The predicted octanol–water partition coefficient (Wildman–Crippen LogP) is 2.63. The first kappa shape index (κ1) is 14.2. The Bertz CT molecular complexity index is 368. The number of hydrogen-bond donors (Lipinski definition) is 2. The van der Waals surface area contributed by atoms with Gasteiger partial charge >= 0.3 is 0 Å². The van der Waals surface area contributed by atoms with Crippen LogP contribution in [0, 0.1) is 0 Å². The Labute approximate surface area is 111 Å². The van der Waals surface area contributed by atoms with E-state index in [2.05, 4.69) is 26.6 Å². The van der Waals surface area contributed by atoms with E-state index in [0.717, 1.165) is 23.1 Å². The van der Waals surface area contributed by atoms with Crippen molar-refractivity contribution in [3.05, 3.63) is 34.3 Å². The normalized spacial score (nSPS) is 12.2. The molecule has 0 aliphatic heterocycles. The molecule has 1 atom stereocenters. The molecule has 2 N–H and O–H groups in total. The molecular formula is C13H19BrN2O. The molecule has 0 saturated heterocycles. The second kappa shape index (κ2) is 7.45. The summed E-state index contributed by atoms with van der Waals surface area (Å²) in [7, 11) is 0. The summed E-state index contributed by atoms with van der Waals surface area (Å²) in [6, 6.07) is 8.03. The summed E-state index contributed by atoms with van der Waals surface area (Å²) in [6.07, 6.45) is 0.520. The van der Waals surface area contributed by atoms with Crippen molar-refractivity contribution in [2.75, 3.05) is 13.1 Å². The Morgan fingerprint density at radius 2 is 2.24 bits per heavy atom. The Morgan fingerprint density at radius 3 is 2.88 bits per heavy atom. The third kappa shape index (κ3) is 5.33. The van der Waals surface area contributed by atoms with Gasteiger partial charge in [0.25, 0.3) is 0 Å². The maximum absolute atomic E-state index is 11.6. The van der Waals surface area contributed by atoms with Crippen molar-refractivity contribution in [1.29, 1.82) is 0 Å². The van der Waals surface area contributed by atoms with Crippen LogP contribution in [0.15, 0.2) is 28.7 Å². The zero-order valence-electron chi connectivity index (χ0n) is 10.3. The van der Waals surface area contributed by atoms with Gasteiger partial charge in [0.05, 0.1) is 6.04 Å². The summed E-state index contributed by atoms with van der Waals surface area (Å²) in [5.74, 6) is 0.0819. The molecule has 1 rings (SSSR count). The van der Waals surface area contributed by atoms with Gasteiger partial charge in [0.15, 0.2) is 0 Å². The van der Waals surface area contributed by atoms with Crippen molar-refractivity contribution in [2.24, 2.45) is 0 Å². The van der Waals surface area contributed by atoms with Crippen molar-refractivity contribution in [3.8, 4) is 0 Å². The molecule has 0 bridgehead atoms. The van der Waals surface area contributed by atoms with E-state index in [4.69, 9.17) is 0 Å². The van der Waals surface area contributed by atoms with Crippen LogP contribution in [-0.4, -0.2) is 19.0 Å². The van der Waals surface area contributed by atoms with Gasteiger partial charge in [0.1, 0.15) is 0 Å². The lowest BCUT2D eigenvalue weighted by Gasteiger charge is -2.14. The molecule has 0 aliphatic carbocycles. The van der Waals surface area contributed by atoms with Crippen molar-refractivity contribution in [2.45, 2.75) is 26.3 Å². The summed E-state index contributed by atoms with van der Waals surface area (Å²) in [5.41, 5.74) is 1.11. The third-order valence-corrected chi connectivity index (χ3v) is 3.00. The van der Waals surface area contributed by atoms with Gasteiger partial charge in [-0.1, -0.05) is 35.0 Å². The van der Waals surface area contributed by atoms with Crippen LogP contribution in [0.25, 0.3) is 0 Å². The van der Waals surface area contributed by atoms with E-state index < -0.39 is 0 Å². The van der Waals surface area contributed by atoms with Crippen LogP contribution in [0.1, 0.15) is 31.9 Å². The molecule has 0 heterocycles. The van der Waals surface area contributed by atoms with E-state index >= 15 is 0 Å².